The van der Waals surface area contributed by atoms with Crippen molar-refractivity contribution in [1.82, 2.24) is 5.32 Å². The van der Waals surface area contributed by atoms with Crippen molar-refractivity contribution in [2.75, 3.05) is 20.3 Å². The molecule has 0 radical (unpaired) electrons. The topological polar surface area (TPSA) is 126 Å². The van der Waals surface area contributed by atoms with Gasteiger partial charge < -0.3 is 29.0 Å². The molecule has 1 aliphatic heterocycles. The smallest absolute Gasteiger partial charge is 0.408 e. The standard InChI is InChI=1S/C20H33NO9/c1-11(2)16(22)29-15-12(3)28-18(24)14(21-19(25)30-20(4,5)6)10-27-17(23)13(15)8-9-26-7/h11-15H,8-10H2,1-7H3,(H,21,25)/t12-,13+,14-,15-/m0/s1. The lowest BCUT2D eigenvalue weighted by atomic mass is 9.95. The molecule has 172 valence electrons. The van der Waals surface area contributed by atoms with E-state index >= 15 is 0 Å². The molecule has 1 N–H and O–H groups in total. The lowest BCUT2D eigenvalue weighted by Gasteiger charge is -2.29. The van der Waals surface area contributed by atoms with Crippen molar-refractivity contribution in [3.8, 4) is 0 Å². The molecule has 0 aliphatic carbocycles. The number of rotatable bonds is 6. The Balaban J connectivity index is 3.07. The summed E-state index contributed by atoms with van der Waals surface area (Å²) in [5, 5.41) is 2.35. The molecule has 1 aliphatic rings. The summed E-state index contributed by atoms with van der Waals surface area (Å²) in [4.78, 5) is 49.5. The Morgan fingerprint density at radius 1 is 1.20 bits per heavy atom. The second kappa shape index (κ2) is 11.1. The molecule has 10 nitrogen and oxygen atoms in total. The minimum Gasteiger partial charge on any atom is -0.463 e. The van der Waals surface area contributed by atoms with Gasteiger partial charge in [0.25, 0.3) is 0 Å². The fourth-order valence-electron chi connectivity index (χ4n) is 2.66. The number of carbonyl (C=O) groups excluding carboxylic acids is 4. The SMILES string of the molecule is COCC[C@H]1C(=O)OC[C@H](NC(=O)OC(C)(C)C)C(=O)O[C@@H](C)[C@@H]1OC(=O)C(C)C. The third-order valence-corrected chi connectivity index (χ3v) is 4.19. The maximum atomic E-state index is 12.7. The van der Waals surface area contributed by atoms with Crippen LogP contribution >= 0.6 is 0 Å². The zero-order valence-electron chi connectivity index (χ0n) is 18.7. The summed E-state index contributed by atoms with van der Waals surface area (Å²) in [6.45, 7) is 9.58. The van der Waals surface area contributed by atoms with Crippen LogP contribution in [0.4, 0.5) is 4.79 Å². The Morgan fingerprint density at radius 3 is 2.37 bits per heavy atom. The van der Waals surface area contributed by atoms with Gasteiger partial charge in [-0.1, -0.05) is 13.8 Å². The molecule has 1 heterocycles. The number of amides is 1. The summed E-state index contributed by atoms with van der Waals surface area (Å²) in [7, 11) is 1.47. The Kier molecular flexibility index (Phi) is 9.54. The minimum absolute atomic E-state index is 0.192. The van der Waals surface area contributed by atoms with E-state index in [2.05, 4.69) is 5.32 Å². The van der Waals surface area contributed by atoms with E-state index in [1.54, 1.807) is 34.6 Å². The van der Waals surface area contributed by atoms with Gasteiger partial charge in [-0.25, -0.2) is 9.59 Å². The number of methoxy groups -OCH3 is 1. The monoisotopic (exact) mass is 431 g/mol. The van der Waals surface area contributed by atoms with Crippen LogP contribution in [-0.4, -0.2) is 68.2 Å². The third-order valence-electron chi connectivity index (χ3n) is 4.19. The van der Waals surface area contributed by atoms with E-state index in [-0.39, 0.29) is 13.0 Å². The van der Waals surface area contributed by atoms with Crippen LogP contribution in [0.25, 0.3) is 0 Å². The molecule has 0 bridgehead atoms. The van der Waals surface area contributed by atoms with Crippen LogP contribution in [0.5, 0.6) is 0 Å². The van der Waals surface area contributed by atoms with Crippen LogP contribution in [0.15, 0.2) is 0 Å². The highest BCUT2D eigenvalue weighted by molar-refractivity contribution is 5.83. The lowest BCUT2D eigenvalue weighted by molar-refractivity contribution is -0.177. The zero-order chi connectivity index (χ0) is 23.1. The molecule has 30 heavy (non-hydrogen) atoms. The number of alkyl carbamates (subject to hydrolysis) is 1. The van der Waals surface area contributed by atoms with Gasteiger partial charge in [-0.05, 0) is 34.1 Å². The van der Waals surface area contributed by atoms with Crippen molar-refractivity contribution in [1.29, 1.82) is 0 Å². The number of hydrogen-bond donors (Lipinski definition) is 1. The van der Waals surface area contributed by atoms with Crippen molar-refractivity contribution in [2.24, 2.45) is 11.8 Å². The Morgan fingerprint density at radius 2 is 1.83 bits per heavy atom. The van der Waals surface area contributed by atoms with Gasteiger partial charge >= 0.3 is 24.0 Å². The Labute approximate surface area is 176 Å². The molecule has 0 spiro atoms. The summed E-state index contributed by atoms with van der Waals surface area (Å²) in [6.07, 6.45) is -2.69. The highest BCUT2D eigenvalue weighted by atomic mass is 16.6. The van der Waals surface area contributed by atoms with Crippen LogP contribution < -0.4 is 5.32 Å². The molecule has 0 saturated carbocycles. The summed E-state index contributed by atoms with van der Waals surface area (Å²) in [5.74, 6) is -3.41. The lowest BCUT2D eigenvalue weighted by Crippen LogP contribution is -2.48. The van der Waals surface area contributed by atoms with Crippen LogP contribution in [0.2, 0.25) is 0 Å². The fourth-order valence-corrected chi connectivity index (χ4v) is 2.66. The maximum Gasteiger partial charge on any atom is 0.408 e. The molecule has 1 saturated heterocycles. The molecular formula is C20H33NO9. The first kappa shape index (κ1) is 25.7. The van der Waals surface area contributed by atoms with E-state index < -0.39 is 66.3 Å². The first-order valence-corrected chi connectivity index (χ1v) is 9.91. The molecule has 0 unspecified atom stereocenters. The molecule has 0 aromatic rings. The summed E-state index contributed by atoms with van der Waals surface area (Å²) >= 11 is 0. The van der Waals surface area contributed by atoms with E-state index in [4.69, 9.17) is 23.7 Å². The molecule has 1 fully saturated rings. The van der Waals surface area contributed by atoms with Gasteiger partial charge in [0, 0.05) is 13.7 Å². The predicted molar refractivity (Wildman–Crippen MR) is 104 cm³/mol. The summed E-state index contributed by atoms with van der Waals surface area (Å²) in [6, 6.07) is -1.27. The predicted octanol–water partition coefficient (Wildman–Crippen LogP) is 1.59. The van der Waals surface area contributed by atoms with E-state index in [0.717, 1.165) is 0 Å². The summed E-state index contributed by atoms with van der Waals surface area (Å²) < 4.78 is 26.3. The Hall–Kier alpha value is -2.36. The van der Waals surface area contributed by atoms with Gasteiger partial charge in [0.15, 0.2) is 12.1 Å². The van der Waals surface area contributed by atoms with Crippen molar-refractivity contribution in [3.05, 3.63) is 0 Å². The largest absolute Gasteiger partial charge is 0.463 e. The molecule has 1 amide bonds. The molecule has 0 aromatic heterocycles. The van der Waals surface area contributed by atoms with Crippen molar-refractivity contribution in [2.45, 2.75) is 71.8 Å². The average Bonchev–Trinajstić information content (AvgIpc) is 2.64. The average molecular weight is 431 g/mol. The van der Waals surface area contributed by atoms with Crippen molar-refractivity contribution in [3.63, 3.8) is 0 Å². The van der Waals surface area contributed by atoms with Crippen LogP contribution in [0.1, 0.15) is 48.0 Å². The number of hydrogen-bond acceptors (Lipinski definition) is 9. The van der Waals surface area contributed by atoms with Gasteiger partial charge in [0.2, 0.25) is 0 Å². The number of carbonyl (C=O) groups is 4. The second-order valence-corrected chi connectivity index (χ2v) is 8.42. The van der Waals surface area contributed by atoms with Crippen molar-refractivity contribution < 1.29 is 42.9 Å². The second-order valence-electron chi connectivity index (χ2n) is 8.42. The van der Waals surface area contributed by atoms with Gasteiger partial charge in [-0.3, -0.25) is 9.59 Å². The first-order valence-electron chi connectivity index (χ1n) is 9.91. The quantitative estimate of drug-likeness (QED) is 0.493. The van der Waals surface area contributed by atoms with E-state index in [9.17, 15) is 19.2 Å². The van der Waals surface area contributed by atoms with Crippen molar-refractivity contribution >= 4 is 24.0 Å². The summed E-state index contributed by atoms with van der Waals surface area (Å²) in [5.41, 5.74) is -0.780. The number of nitrogens with one attached hydrogen (secondary N) is 1. The fraction of sp³-hybridized carbons (Fsp3) is 0.800. The van der Waals surface area contributed by atoms with Crippen LogP contribution in [0.3, 0.4) is 0 Å². The molecule has 4 atom stereocenters. The highest BCUT2D eigenvalue weighted by Gasteiger charge is 2.42. The first-order chi connectivity index (χ1) is 13.9. The van der Waals surface area contributed by atoms with E-state index in [1.807, 2.05) is 0 Å². The maximum absolute atomic E-state index is 12.7. The number of ether oxygens (including phenoxy) is 5. The van der Waals surface area contributed by atoms with Gasteiger partial charge in [-0.15, -0.1) is 0 Å². The Bertz CT molecular complexity index is 626. The normalized spacial score (nSPS) is 25.3. The third kappa shape index (κ3) is 8.17. The van der Waals surface area contributed by atoms with Gasteiger partial charge in [0.05, 0.1) is 11.8 Å². The highest BCUT2D eigenvalue weighted by Crippen LogP contribution is 2.24. The van der Waals surface area contributed by atoms with E-state index in [0.29, 0.717) is 0 Å². The molecule has 0 aromatic carbocycles. The molecule has 10 heteroatoms. The van der Waals surface area contributed by atoms with Crippen LogP contribution in [-0.2, 0) is 38.1 Å². The van der Waals surface area contributed by atoms with Crippen LogP contribution in [0, 0.1) is 11.8 Å². The minimum atomic E-state index is -1.27. The number of cyclic esters (lactones) is 2. The molecular weight excluding hydrogens is 398 g/mol. The molecule has 1 rings (SSSR count). The van der Waals surface area contributed by atoms with E-state index in [1.165, 1.54) is 14.0 Å². The van der Waals surface area contributed by atoms with Gasteiger partial charge in [0.1, 0.15) is 18.3 Å². The van der Waals surface area contributed by atoms with Gasteiger partial charge in [-0.2, -0.15) is 0 Å². The zero-order valence-corrected chi connectivity index (χ0v) is 18.7. The number of esters is 3.